The summed E-state index contributed by atoms with van der Waals surface area (Å²) in [6, 6.07) is 4.76. The second-order valence-electron chi connectivity index (χ2n) is 4.76. The summed E-state index contributed by atoms with van der Waals surface area (Å²) >= 11 is 0. The second-order valence-corrected chi connectivity index (χ2v) is 4.76. The molecule has 1 N–H and O–H groups in total. The summed E-state index contributed by atoms with van der Waals surface area (Å²) in [4.78, 5) is 0. The third-order valence-electron chi connectivity index (χ3n) is 2.97. The Morgan fingerprint density at radius 1 is 1.33 bits per heavy atom. The van der Waals surface area contributed by atoms with Gasteiger partial charge in [-0.2, -0.15) is 0 Å². The zero-order valence-corrected chi connectivity index (χ0v) is 9.92. The van der Waals surface area contributed by atoms with Gasteiger partial charge in [-0.1, -0.05) is 19.9 Å². The van der Waals surface area contributed by atoms with E-state index in [2.05, 4.69) is 45.1 Å². The average molecular weight is 205 g/mol. The highest BCUT2D eigenvalue weighted by Gasteiger charge is 2.22. The average Bonchev–Trinajstić information content (AvgIpc) is 2.16. The normalized spacial score (nSPS) is 19.4. The molecule has 1 aromatic rings. The van der Waals surface area contributed by atoms with E-state index in [0.29, 0.717) is 12.0 Å². The van der Waals surface area contributed by atoms with E-state index in [1.54, 1.807) is 0 Å². The summed E-state index contributed by atoms with van der Waals surface area (Å²) < 4.78 is 5.82. The van der Waals surface area contributed by atoms with Crippen molar-refractivity contribution in [2.24, 2.45) is 5.92 Å². The number of fused-ring (bicyclic) bond motifs is 1. The van der Waals surface area contributed by atoms with Crippen LogP contribution in [0.25, 0.3) is 0 Å². The maximum atomic E-state index is 5.82. The summed E-state index contributed by atoms with van der Waals surface area (Å²) in [6.07, 6.45) is 0. The van der Waals surface area contributed by atoms with E-state index in [1.807, 2.05) is 0 Å². The number of ether oxygens (including phenoxy) is 1. The number of anilines is 1. The number of benzene rings is 1. The maximum Gasteiger partial charge on any atom is 0.145 e. The van der Waals surface area contributed by atoms with Crippen LogP contribution < -0.4 is 10.1 Å². The Balaban J connectivity index is 2.33. The van der Waals surface area contributed by atoms with Crippen molar-refractivity contribution in [2.45, 2.75) is 33.7 Å². The number of aryl methyl sites for hydroxylation is 2. The van der Waals surface area contributed by atoms with Gasteiger partial charge in [0.1, 0.15) is 12.4 Å². The van der Waals surface area contributed by atoms with Gasteiger partial charge in [-0.15, -0.1) is 0 Å². The van der Waals surface area contributed by atoms with Crippen molar-refractivity contribution in [1.29, 1.82) is 0 Å². The van der Waals surface area contributed by atoms with Gasteiger partial charge in [0.15, 0.2) is 0 Å². The van der Waals surface area contributed by atoms with Crippen LogP contribution in [-0.2, 0) is 0 Å². The Labute approximate surface area is 91.6 Å². The molecule has 82 valence electrons. The molecular formula is C13H19NO. The van der Waals surface area contributed by atoms with Crippen molar-refractivity contribution in [1.82, 2.24) is 0 Å². The smallest absolute Gasteiger partial charge is 0.145 e. The van der Waals surface area contributed by atoms with Crippen molar-refractivity contribution in [3.05, 3.63) is 23.3 Å². The summed E-state index contributed by atoms with van der Waals surface area (Å²) in [5.74, 6) is 1.62. The minimum absolute atomic E-state index is 0.429. The Morgan fingerprint density at radius 3 is 2.73 bits per heavy atom. The Kier molecular flexibility index (Phi) is 2.59. The zero-order valence-electron chi connectivity index (χ0n) is 9.92. The standard InChI is InChI=1S/C13H19NO/c1-8(2)12-7-15-13-10(4)5-9(3)6-11(13)14-12/h5-6,8,12,14H,7H2,1-4H3. The van der Waals surface area contributed by atoms with Crippen LogP contribution in [-0.4, -0.2) is 12.6 Å². The molecule has 0 saturated carbocycles. The minimum Gasteiger partial charge on any atom is -0.489 e. The van der Waals surface area contributed by atoms with Crippen molar-refractivity contribution >= 4 is 5.69 Å². The Bertz CT molecular complexity index is 371. The van der Waals surface area contributed by atoms with Gasteiger partial charge in [0.05, 0.1) is 11.7 Å². The minimum atomic E-state index is 0.429. The van der Waals surface area contributed by atoms with Crippen LogP contribution in [0.2, 0.25) is 0 Å². The molecule has 1 unspecified atom stereocenters. The van der Waals surface area contributed by atoms with Gasteiger partial charge in [-0.05, 0) is 37.0 Å². The summed E-state index contributed by atoms with van der Waals surface area (Å²) in [5.41, 5.74) is 3.66. The number of nitrogens with one attached hydrogen (secondary N) is 1. The molecule has 0 bridgehead atoms. The van der Waals surface area contributed by atoms with E-state index < -0.39 is 0 Å². The van der Waals surface area contributed by atoms with Gasteiger partial charge < -0.3 is 10.1 Å². The van der Waals surface area contributed by atoms with Gasteiger partial charge in [0.2, 0.25) is 0 Å². The van der Waals surface area contributed by atoms with Crippen LogP contribution in [0.1, 0.15) is 25.0 Å². The quantitative estimate of drug-likeness (QED) is 0.760. The van der Waals surface area contributed by atoms with E-state index >= 15 is 0 Å². The summed E-state index contributed by atoms with van der Waals surface area (Å²) in [7, 11) is 0. The van der Waals surface area contributed by atoms with Gasteiger partial charge in [0, 0.05) is 0 Å². The molecular weight excluding hydrogens is 186 g/mol. The maximum absolute atomic E-state index is 5.82. The fourth-order valence-corrected chi connectivity index (χ4v) is 2.03. The monoisotopic (exact) mass is 205 g/mol. The molecule has 1 atom stereocenters. The van der Waals surface area contributed by atoms with E-state index in [4.69, 9.17) is 4.74 Å². The van der Waals surface area contributed by atoms with Crippen LogP contribution in [0, 0.1) is 19.8 Å². The Hall–Kier alpha value is -1.18. The molecule has 2 nitrogen and oxygen atoms in total. The molecule has 1 aliphatic rings. The predicted octanol–water partition coefficient (Wildman–Crippen LogP) is 3.13. The molecule has 1 aliphatic heterocycles. The third-order valence-corrected chi connectivity index (χ3v) is 2.97. The first kappa shape index (κ1) is 10.3. The number of hydrogen-bond acceptors (Lipinski definition) is 2. The highest BCUT2D eigenvalue weighted by Crippen LogP contribution is 2.34. The van der Waals surface area contributed by atoms with E-state index in [1.165, 1.54) is 11.1 Å². The van der Waals surface area contributed by atoms with Crippen LogP contribution in [0.3, 0.4) is 0 Å². The molecule has 2 rings (SSSR count). The largest absolute Gasteiger partial charge is 0.489 e. The molecule has 15 heavy (non-hydrogen) atoms. The first-order valence-corrected chi connectivity index (χ1v) is 5.58. The zero-order chi connectivity index (χ0) is 11.0. The molecule has 0 aliphatic carbocycles. The van der Waals surface area contributed by atoms with Crippen LogP contribution >= 0.6 is 0 Å². The molecule has 0 saturated heterocycles. The molecule has 0 spiro atoms. The first-order valence-electron chi connectivity index (χ1n) is 5.58. The van der Waals surface area contributed by atoms with Crippen LogP contribution in [0.15, 0.2) is 12.1 Å². The molecule has 0 fully saturated rings. The second kappa shape index (κ2) is 3.76. The third kappa shape index (κ3) is 1.94. The summed E-state index contributed by atoms with van der Waals surface area (Å²) in [5, 5.41) is 3.55. The van der Waals surface area contributed by atoms with Crippen LogP contribution in [0.5, 0.6) is 5.75 Å². The lowest BCUT2D eigenvalue weighted by Gasteiger charge is -2.31. The van der Waals surface area contributed by atoms with Gasteiger partial charge >= 0.3 is 0 Å². The molecule has 2 heteroatoms. The van der Waals surface area contributed by atoms with Crippen LogP contribution in [0.4, 0.5) is 5.69 Å². The van der Waals surface area contributed by atoms with Gasteiger partial charge in [-0.25, -0.2) is 0 Å². The van der Waals surface area contributed by atoms with Gasteiger partial charge in [-0.3, -0.25) is 0 Å². The molecule has 0 amide bonds. The van der Waals surface area contributed by atoms with E-state index in [-0.39, 0.29) is 0 Å². The van der Waals surface area contributed by atoms with E-state index in [0.717, 1.165) is 18.0 Å². The lowest BCUT2D eigenvalue weighted by atomic mass is 10.0. The van der Waals surface area contributed by atoms with Crippen molar-refractivity contribution in [2.75, 3.05) is 11.9 Å². The SMILES string of the molecule is Cc1cc(C)c2c(c1)NC(C(C)C)CO2. The fraction of sp³-hybridized carbons (Fsp3) is 0.538. The molecule has 1 heterocycles. The first-order chi connectivity index (χ1) is 7.08. The van der Waals surface area contributed by atoms with Crippen molar-refractivity contribution in [3.8, 4) is 5.75 Å². The highest BCUT2D eigenvalue weighted by molar-refractivity contribution is 5.63. The van der Waals surface area contributed by atoms with Crippen molar-refractivity contribution < 1.29 is 4.74 Å². The lowest BCUT2D eigenvalue weighted by Crippen LogP contribution is -2.35. The number of hydrogen-bond donors (Lipinski definition) is 1. The predicted molar refractivity (Wildman–Crippen MR) is 63.7 cm³/mol. The number of rotatable bonds is 1. The summed E-state index contributed by atoms with van der Waals surface area (Å²) in [6.45, 7) is 9.43. The fourth-order valence-electron chi connectivity index (χ4n) is 2.03. The van der Waals surface area contributed by atoms with E-state index in [9.17, 15) is 0 Å². The topological polar surface area (TPSA) is 21.3 Å². The lowest BCUT2D eigenvalue weighted by molar-refractivity contribution is 0.256. The Morgan fingerprint density at radius 2 is 2.07 bits per heavy atom. The highest BCUT2D eigenvalue weighted by atomic mass is 16.5. The molecule has 1 aromatic carbocycles. The van der Waals surface area contributed by atoms with Gasteiger partial charge in [0.25, 0.3) is 0 Å². The molecule has 0 radical (unpaired) electrons. The van der Waals surface area contributed by atoms with Crippen molar-refractivity contribution in [3.63, 3.8) is 0 Å². The molecule has 0 aromatic heterocycles.